The summed E-state index contributed by atoms with van der Waals surface area (Å²) >= 11 is 3.40. The predicted octanol–water partition coefficient (Wildman–Crippen LogP) is 4.77. The molecular weight excluding hydrogens is 524 g/mol. The van der Waals surface area contributed by atoms with E-state index in [1.807, 2.05) is 24.3 Å². The molecule has 8 heteroatoms. The number of ketones is 1. The molecule has 1 atom stereocenters. The molecule has 2 aromatic rings. The number of morpholine rings is 1. The van der Waals surface area contributed by atoms with Crippen LogP contribution in [-0.4, -0.2) is 72.6 Å². The molecule has 2 heterocycles. The standard InChI is InChI=1S/C28H33BrN2O5/c1-2-3-4-17-36-23-11-7-20(8-12-23)25-24(26(32)21-5-9-22(29)10-6-21)27(33)28(34)31(25)14-13-30-15-18-35-19-16-30/h5-12,25,32H,2-4,13-19H2,1H3. The number of hydrogen-bond donors (Lipinski definition) is 1. The van der Waals surface area contributed by atoms with E-state index in [1.54, 1.807) is 29.2 Å². The highest BCUT2D eigenvalue weighted by Gasteiger charge is 2.46. The van der Waals surface area contributed by atoms with Crippen molar-refractivity contribution in [1.82, 2.24) is 9.80 Å². The largest absolute Gasteiger partial charge is 0.507 e. The number of aliphatic hydroxyl groups excluding tert-OH is 1. The van der Waals surface area contributed by atoms with Crippen LogP contribution in [0.3, 0.4) is 0 Å². The lowest BCUT2D eigenvalue weighted by Gasteiger charge is -2.31. The summed E-state index contributed by atoms with van der Waals surface area (Å²) in [4.78, 5) is 30.2. The minimum atomic E-state index is -0.677. The zero-order valence-electron chi connectivity index (χ0n) is 20.6. The van der Waals surface area contributed by atoms with Gasteiger partial charge in [-0.05, 0) is 36.2 Å². The number of Topliss-reactive ketones (excluding diaryl/α,β-unsaturated/α-hetero) is 1. The molecule has 1 amide bonds. The average Bonchev–Trinajstić information content (AvgIpc) is 3.16. The number of ether oxygens (including phenoxy) is 2. The number of carbonyl (C=O) groups is 2. The van der Waals surface area contributed by atoms with E-state index in [9.17, 15) is 14.7 Å². The van der Waals surface area contributed by atoms with Gasteiger partial charge in [0.15, 0.2) is 0 Å². The van der Waals surface area contributed by atoms with Crippen molar-refractivity contribution in [2.24, 2.45) is 0 Å². The van der Waals surface area contributed by atoms with E-state index in [4.69, 9.17) is 9.47 Å². The van der Waals surface area contributed by atoms with Crippen LogP contribution in [0.4, 0.5) is 0 Å². The fourth-order valence-electron chi connectivity index (χ4n) is 4.58. The summed E-state index contributed by atoms with van der Waals surface area (Å²) in [7, 11) is 0. The molecular formula is C28H33BrN2O5. The topological polar surface area (TPSA) is 79.3 Å². The number of hydrogen-bond acceptors (Lipinski definition) is 6. The van der Waals surface area contributed by atoms with Crippen molar-refractivity contribution >= 4 is 33.4 Å². The lowest BCUT2D eigenvalue weighted by Crippen LogP contribution is -2.42. The Balaban J connectivity index is 1.64. The molecule has 2 saturated heterocycles. The normalized spacial score (nSPS) is 20.2. The first-order chi connectivity index (χ1) is 17.5. The van der Waals surface area contributed by atoms with E-state index in [2.05, 4.69) is 27.8 Å². The van der Waals surface area contributed by atoms with Crippen molar-refractivity contribution in [1.29, 1.82) is 0 Å². The zero-order chi connectivity index (χ0) is 25.5. The van der Waals surface area contributed by atoms with Crippen LogP contribution in [0.5, 0.6) is 5.75 Å². The molecule has 0 radical (unpaired) electrons. The molecule has 0 aliphatic carbocycles. The lowest BCUT2D eigenvalue weighted by atomic mass is 9.95. The van der Waals surface area contributed by atoms with Crippen LogP contribution in [0.15, 0.2) is 58.6 Å². The molecule has 1 unspecified atom stereocenters. The Morgan fingerprint density at radius 1 is 1.03 bits per heavy atom. The van der Waals surface area contributed by atoms with E-state index in [-0.39, 0.29) is 11.3 Å². The number of amides is 1. The van der Waals surface area contributed by atoms with Gasteiger partial charge in [0, 0.05) is 36.2 Å². The van der Waals surface area contributed by atoms with Gasteiger partial charge in [0.1, 0.15) is 11.5 Å². The molecule has 36 heavy (non-hydrogen) atoms. The molecule has 2 fully saturated rings. The molecule has 4 rings (SSSR count). The third-order valence-electron chi connectivity index (χ3n) is 6.63. The minimum absolute atomic E-state index is 0.112. The van der Waals surface area contributed by atoms with Gasteiger partial charge in [-0.1, -0.05) is 60.0 Å². The van der Waals surface area contributed by atoms with Gasteiger partial charge in [0.2, 0.25) is 0 Å². The van der Waals surface area contributed by atoms with Gasteiger partial charge in [0.25, 0.3) is 11.7 Å². The van der Waals surface area contributed by atoms with E-state index in [0.717, 1.165) is 48.1 Å². The Bertz CT molecular complexity index is 1080. The lowest BCUT2D eigenvalue weighted by molar-refractivity contribution is -0.140. The van der Waals surface area contributed by atoms with Crippen molar-refractivity contribution in [3.63, 3.8) is 0 Å². The molecule has 0 aromatic heterocycles. The number of carbonyl (C=O) groups excluding carboxylic acids is 2. The van der Waals surface area contributed by atoms with Crippen LogP contribution in [0.2, 0.25) is 0 Å². The van der Waals surface area contributed by atoms with Crippen molar-refractivity contribution < 1.29 is 24.2 Å². The van der Waals surface area contributed by atoms with Gasteiger partial charge >= 0.3 is 0 Å². The SMILES string of the molecule is CCCCCOc1ccc(C2C(=C(O)c3ccc(Br)cc3)C(=O)C(=O)N2CCN2CCOCC2)cc1. The summed E-state index contributed by atoms with van der Waals surface area (Å²) in [5, 5.41) is 11.2. The van der Waals surface area contributed by atoms with E-state index in [1.165, 1.54) is 0 Å². The van der Waals surface area contributed by atoms with Crippen LogP contribution in [-0.2, 0) is 14.3 Å². The number of aliphatic hydroxyl groups is 1. The fourth-order valence-corrected chi connectivity index (χ4v) is 4.85. The molecule has 0 bridgehead atoms. The molecule has 1 N–H and O–H groups in total. The number of benzene rings is 2. The van der Waals surface area contributed by atoms with Crippen LogP contribution >= 0.6 is 15.9 Å². The maximum atomic E-state index is 13.2. The summed E-state index contributed by atoms with van der Waals surface area (Å²) in [5.41, 5.74) is 1.36. The second-order valence-corrected chi connectivity index (χ2v) is 9.99. The van der Waals surface area contributed by atoms with Crippen molar-refractivity contribution in [2.75, 3.05) is 46.0 Å². The second-order valence-electron chi connectivity index (χ2n) is 9.08. The number of rotatable bonds is 10. The van der Waals surface area contributed by atoms with Gasteiger partial charge < -0.3 is 19.5 Å². The van der Waals surface area contributed by atoms with E-state index < -0.39 is 17.7 Å². The third-order valence-corrected chi connectivity index (χ3v) is 7.16. The second kappa shape index (κ2) is 12.5. The van der Waals surface area contributed by atoms with Crippen molar-refractivity contribution in [3.8, 4) is 5.75 Å². The third kappa shape index (κ3) is 6.17. The molecule has 0 spiro atoms. The Kier molecular flexibility index (Phi) is 9.18. The Hall–Kier alpha value is -2.68. The summed E-state index contributed by atoms with van der Waals surface area (Å²) in [6.07, 6.45) is 3.24. The minimum Gasteiger partial charge on any atom is -0.507 e. The van der Waals surface area contributed by atoms with Gasteiger partial charge in [-0.15, -0.1) is 0 Å². The molecule has 2 aromatic carbocycles. The maximum absolute atomic E-state index is 13.2. The highest BCUT2D eigenvalue weighted by molar-refractivity contribution is 9.10. The maximum Gasteiger partial charge on any atom is 0.295 e. The van der Waals surface area contributed by atoms with Crippen LogP contribution in [0.25, 0.3) is 5.76 Å². The van der Waals surface area contributed by atoms with Gasteiger partial charge in [-0.25, -0.2) is 0 Å². The molecule has 2 aliphatic rings. The Morgan fingerprint density at radius 3 is 2.39 bits per heavy atom. The van der Waals surface area contributed by atoms with Gasteiger partial charge in [-0.2, -0.15) is 0 Å². The van der Waals surface area contributed by atoms with Crippen LogP contribution in [0.1, 0.15) is 43.4 Å². The smallest absolute Gasteiger partial charge is 0.295 e. The molecule has 0 saturated carbocycles. The summed E-state index contributed by atoms with van der Waals surface area (Å²) in [6.45, 7) is 6.70. The van der Waals surface area contributed by atoms with Gasteiger partial charge in [-0.3, -0.25) is 14.5 Å². The van der Waals surface area contributed by atoms with E-state index >= 15 is 0 Å². The molecule has 2 aliphatic heterocycles. The highest BCUT2D eigenvalue weighted by Crippen LogP contribution is 2.39. The number of unbranched alkanes of at least 4 members (excludes halogenated alkanes) is 2. The Labute approximate surface area is 220 Å². The first-order valence-electron chi connectivity index (χ1n) is 12.6. The summed E-state index contributed by atoms with van der Waals surface area (Å²) in [5.74, 6) is -0.679. The van der Waals surface area contributed by atoms with Crippen LogP contribution in [0, 0.1) is 0 Å². The quantitative estimate of drug-likeness (QED) is 0.196. The molecule has 7 nitrogen and oxygen atoms in total. The first-order valence-corrected chi connectivity index (χ1v) is 13.4. The van der Waals surface area contributed by atoms with Crippen molar-refractivity contribution in [2.45, 2.75) is 32.2 Å². The zero-order valence-corrected chi connectivity index (χ0v) is 22.2. The average molecular weight is 557 g/mol. The number of halogens is 1. The fraction of sp³-hybridized carbons (Fsp3) is 0.429. The van der Waals surface area contributed by atoms with Crippen LogP contribution < -0.4 is 4.74 Å². The highest BCUT2D eigenvalue weighted by atomic mass is 79.9. The Morgan fingerprint density at radius 2 is 1.72 bits per heavy atom. The number of nitrogens with zero attached hydrogens (tertiary/aromatic N) is 2. The molecule has 192 valence electrons. The van der Waals surface area contributed by atoms with Gasteiger partial charge in [0.05, 0.1) is 31.4 Å². The summed E-state index contributed by atoms with van der Waals surface area (Å²) in [6, 6.07) is 13.8. The summed E-state index contributed by atoms with van der Waals surface area (Å²) < 4.78 is 12.1. The van der Waals surface area contributed by atoms with Crippen molar-refractivity contribution in [3.05, 3.63) is 69.7 Å². The predicted molar refractivity (Wildman–Crippen MR) is 142 cm³/mol. The monoisotopic (exact) mass is 556 g/mol. The number of likely N-dealkylation sites (tertiary alicyclic amines) is 1. The first kappa shape index (κ1) is 26.4. The van der Waals surface area contributed by atoms with E-state index in [0.29, 0.717) is 38.5 Å².